The van der Waals surface area contributed by atoms with Crippen LogP contribution in [0.15, 0.2) is 45.7 Å². The fourth-order valence-corrected chi connectivity index (χ4v) is 2.20. The summed E-state index contributed by atoms with van der Waals surface area (Å²) in [6.07, 6.45) is 3.61. The second kappa shape index (κ2) is 6.47. The minimum absolute atomic E-state index is 0.548. The molecular formula is C17H22N4O. The van der Waals surface area contributed by atoms with E-state index in [2.05, 4.69) is 4.99 Å². The van der Waals surface area contributed by atoms with Crippen LogP contribution in [0.25, 0.3) is 0 Å². The molecule has 0 saturated heterocycles. The average molecular weight is 298 g/mol. The number of nitrogen functional groups attached to an aromatic ring is 1. The molecule has 0 fully saturated rings. The molecule has 116 valence electrons. The van der Waals surface area contributed by atoms with Crippen LogP contribution in [0, 0.1) is 13.8 Å². The third-order valence-corrected chi connectivity index (χ3v) is 3.69. The molecule has 0 heterocycles. The number of rotatable bonds is 3. The fraction of sp³-hybridized carbons (Fsp3) is 0.294. The van der Waals surface area contributed by atoms with Crippen molar-refractivity contribution >= 4 is 22.8 Å². The van der Waals surface area contributed by atoms with Crippen LogP contribution in [0.1, 0.15) is 18.1 Å². The SMILES string of the molecule is CCOC1=CC(=Nc2ccc(N)c(C)c2C)C(=NC)C=C1N. The standard InChI is InChI=1S/C17H22N4O/c1-5-22-17-9-16(15(20-4)8-13(17)19)21-14-7-6-12(18)10(2)11(14)3/h6-9H,5,18-19H2,1-4H3. The zero-order chi connectivity index (χ0) is 16.3. The summed E-state index contributed by atoms with van der Waals surface area (Å²) >= 11 is 0. The van der Waals surface area contributed by atoms with Crippen LogP contribution in [0.3, 0.4) is 0 Å². The molecule has 4 N–H and O–H groups in total. The van der Waals surface area contributed by atoms with Crippen molar-refractivity contribution in [1.82, 2.24) is 0 Å². The van der Waals surface area contributed by atoms with Gasteiger partial charge in [-0.2, -0.15) is 0 Å². The highest BCUT2D eigenvalue weighted by Gasteiger charge is 2.16. The molecule has 5 nitrogen and oxygen atoms in total. The highest BCUT2D eigenvalue weighted by Crippen LogP contribution is 2.27. The van der Waals surface area contributed by atoms with Crippen molar-refractivity contribution in [1.29, 1.82) is 0 Å². The van der Waals surface area contributed by atoms with Crippen LogP contribution in [0.5, 0.6) is 0 Å². The quantitative estimate of drug-likeness (QED) is 0.664. The summed E-state index contributed by atoms with van der Waals surface area (Å²) in [4.78, 5) is 8.96. The molecule has 0 saturated carbocycles. The van der Waals surface area contributed by atoms with E-state index in [9.17, 15) is 0 Å². The summed E-state index contributed by atoms with van der Waals surface area (Å²) in [6, 6.07) is 3.78. The summed E-state index contributed by atoms with van der Waals surface area (Å²) in [7, 11) is 1.72. The predicted octanol–water partition coefficient (Wildman–Crippen LogP) is 2.81. The van der Waals surface area contributed by atoms with Gasteiger partial charge in [-0.25, -0.2) is 4.99 Å². The molecule has 1 aliphatic rings. The van der Waals surface area contributed by atoms with Gasteiger partial charge in [0.15, 0.2) is 0 Å². The summed E-state index contributed by atoms with van der Waals surface area (Å²) in [5, 5.41) is 0. The van der Waals surface area contributed by atoms with Crippen molar-refractivity contribution in [3.63, 3.8) is 0 Å². The summed E-state index contributed by atoms with van der Waals surface area (Å²) < 4.78 is 5.54. The molecule has 0 aromatic heterocycles. The highest BCUT2D eigenvalue weighted by molar-refractivity contribution is 6.51. The Morgan fingerprint density at radius 1 is 1.05 bits per heavy atom. The van der Waals surface area contributed by atoms with Crippen LogP contribution in [0.2, 0.25) is 0 Å². The van der Waals surface area contributed by atoms with Gasteiger partial charge >= 0.3 is 0 Å². The Labute approximate surface area is 131 Å². The molecule has 0 radical (unpaired) electrons. The number of nitrogens with two attached hydrogens (primary N) is 2. The molecule has 5 heteroatoms. The van der Waals surface area contributed by atoms with Crippen molar-refractivity contribution in [3.05, 3.63) is 46.9 Å². The van der Waals surface area contributed by atoms with E-state index in [1.807, 2.05) is 39.0 Å². The Hall–Kier alpha value is -2.56. The Balaban J connectivity index is 2.52. The van der Waals surface area contributed by atoms with Crippen molar-refractivity contribution in [2.45, 2.75) is 20.8 Å². The number of nitrogens with zero attached hydrogens (tertiary/aromatic N) is 2. The summed E-state index contributed by atoms with van der Waals surface area (Å²) in [5.74, 6) is 0.624. The number of aliphatic imine (C=N–C) groups is 2. The van der Waals surface area contributed by atoms with Crippen molar-refractivity contribution < 1.29 is 4.74 Å². The van der Waals surface area contributed by atoms with E-state index in [0.717, 1.165) is 33.9 Å². The van der Waals surface area contributed by atoms with E-state index in [0.29, 0.717) is 18.1 Å². The van der Waals surface area contributed by atoms with E-state index in [1.165, 1.54) is 0 Å². The smallest absolute Gasteiger partial charge is 0.144 e. The topological polar surface area (TPSA) is 86.0 Å². The van der Waals surface area contributed by atoms with Gasteiger partial charge in [-0.3, -0.25) is 4.99 Å². The highest BCUT2D eigenvalue weighted by atomic mass is 16.5. The van der Waals surface area contributed by atoms with Crippen LogP contribution in [0.4, 0.5) is 11.4 Å². The van der Waals surface area contributed by atoms with Crippen molar-refractivity contribution in [2.24, 2.45) is 15.7 Å². The molecular weight excluding hydrogens is 276 g/mol. The second-order valence-corrected chi connectivity index (χ2v) is 5.07. The Bertz CT molecular complexity index is 712. The first-order chi connectivity index (χ1) is 10.5. The van der Waals surface area contributed by atoms with E-state index in [4.69, 9.17) is 21.2 Å². The number of benzene rings is 1. The van der Waals surface area contributed by atoms with E-state index >= 15 is 0 Å². The van der Waals surface area contributed by atoms with Crippen LogP contribution in [-0.4, -0.2) is 25.1 Å². The van der Waals surface area contributed by atoms with Gasteiger partial charge in [-0.1, -0.05) is 0 Å². The van der Waals surface area contributed by atoms with Gasteiger partial charge in [0.25, 0.3) is 0 Å². The maximum Gasteiger partial charge on any atom is 0.144 e. The molecule has 1 aromatic rings. The Kier molecular flexibility index (Phi) is 4.65. The number of allylic oxidation sites excluding steroid dienone is 2. The lowest BCUT2D eigenvalue weighted by atomic mass is 10.0. The molecule has 1 aromatic carbocycles. The molecule has 22 heavy (non-hydrogen) atoms. The lowest BCUT2D eigenvalue weighted by Crippen LogP contribution is -2.20. The molecule has 0 unspecified atom stereocenters. The number of hydrogen-bond acceptors (Lipinski definition) is 5. The second-order valence-electron chi connectivity index (χ2n) is 5.07. The van der Waals surface area contributed by atoms with E-state index in [1.54, 1.807) is 13.1 Å². The molecule has 0 atom stereocenters. The summed E-state index contributed by atoms with van der Waals surface area (Å²) in [6.45, 7) is 6.46. The van der Waals surface area contributed by atoms with Gasteiger partial charge in [-0.15, -0.1) is 0 Å². The fourth-order valence-electron chi connectivity index (χ4n) is 2.20. The molecule has 0 aliphatic heterocycles. The third-order valence-electron chi connectivity index (χ3n) is 3.69. The molecule has 2 rings (SSSR count). The van der Waals surface area contributed by atoms with E-state index in [-0.39, 0.29) is 0 Å². The average Bonchev–Trinajstić information content (AvgIpc) is 2.50. The van der Waals surface area contributed by atoms with Gasteiger partial charge in [0, 0.05) is 18.8 Å². The van der Waals surface area contributed by atoms with Gasteiger partial charge in [0.1, 0.15) is 5.76 Å². The van der Waals surface area contributed by atoms with Crippen LogP contribution in [-0.2, 0) is 4.74 Å². The van der Waals surface area contributed by atoms with Crippen LogP contribution >= 0.6 is 0 Å². The number of ether oxygens (including phenoxy) is 1. The third kappa shape index (κ3) is 3.03. The molecule has 0 spiro atoms. The Morgan fingerprint density at radius 2 is 1.77 bits per heavy atom. The number of hydrogen-bond donors (Lipinski definition) is 2. The van der Waals surface area contributed by atoms with Gasteiger partial charge < -0.3 is 16.2 Å². The normalized spacial score (nSPS) is 18.4. The zero-order valence-corrected chi connectivity index (χ0v) is 13.5. The first kappa shape index (κ1) is 15.8. The molecule has 1 aliphatic carbocycles. The maximum absolute atomic E-state index is 5.98. The minimum atomic E-state index is 0.548. The summed E-state index contributed by atoms with van der Waals surface area (Å²) in [5.41, 5.74) is 17.6. The number of anilines is 1. The lowest BCUT2D eigenvalue weighted by molar-refractivity contribution is 0.237. The van der Waals surface area contributed by atoms with Crippen molar-refractivity contribution in [3.8, 4) is 0 Å². The Morgan fingerprint density at radius 3 is 2.41 bits per heavy atom. The van der Waals surface area contributed by atoms with Crippen molar-refractivity contribution in [2.75, 3.05) is 19.4 Å². The lowest BCUT2D eigenvalue weighted by Gasteiger charge is -2.16. The first-order valence-corrected chi connectivity index (χ1v) is 7.21. The van der Waals surface area contributed by atoms with Gasteiger partial charge in [-0.05, 0) is 50.1 Å². The molecule has 0 bridgehead atoms. The van der Waals surface area contributed by atoms with E-state index < -0.39 is 0 Å². The minimum Gasteiger partial charge on any atom is -0.492 e. The van der Waals surface area contributed by atoms with Gasteiger partial charge in [0.05, 0.1) is 29.4 Å². The monoisotopic (exact) mass is 298 g/mol. The molecule has 0 amide bonds. The first-order valence-electron chi connectivity index (χ1n) is 7.21. The maximum atomic E-state index is 5.98. The largest absolute Gasteiger partial charge is 0.492 e. The zero-order valence-electron chi connectivity index (χ0n) is 13.5. The van der Waals surface area contributed by atoms with Gasteiger partial charge in [0.2, 0.25) is 0 Å². The predicted molar refractivity (Wildman–Crippen MR) is 92.8 cm³/mol. The van der Waals surface area contributed by atoms with Crippen LogP contribution < -0.4 is 11.5 Å².